The Bertz CT molecular complexity index is 1030. The number of rotatable bonds is 4. The SMILES string of the molecule is NC(=O)c1n[nH]nc1-c1ccc(-c2cc(C(=O)O)cc(C(F)(F)F)c2)cc1. The molecule has 0 saturated heterocycles. The fourth-order valence-electron chi connectivity index (χ4n) is 2.51. The average Bonchev–Trinajstić information content (AvgIpc) is 3.11. The van der Waals surface area contributed by atoms with Crippen molar-refractivity contribution in [3.63, 3.8) is 0 Å². The Morgan fingerprint density at radius 2 is 1.59 bits per heavy atom. The smallest absolute Gasteiger partial charge is 0.416 e. The number of alkyl halides is 3. The van der Waals surface area contributed by atoms with Crippen molar-refractivity contribution in [2.24, 2.45) is 5.73 Å². The predicted octanol–water partition coefficient (Wildman–Crippen LogP) is 2.95. The van der Waals surface area contributed by atoms with Gasteiger partial charge in [-0.25, -0.2) is 4.79 Å². The van der Waals surface area contributed by atoms with E-state index < -0.39 is 29.2 Å². The largest absolute Gasteiger partial charge is 0.478 e. The molecule has 0 atom stereocenters. The number of halogens is 3. The van der Waals surface area contributed by atoms with E-state index in [0.717, 1.165) is 12.1 Å². The van der Waals surface area contributed by atoms with Gasteiger partial charge in [0.1, 0.15) is 5.69 Å². The van der Waals surface area contributed by atoms with E-state index in [1.165, 1.54) is 24.3 Å². The molecule has 2 aromatic carbocycles. The first kappa shape index (κ1) is 18.1. The molecule has 0 aliphatic carbocycles. The quantitative estimate of drug-likeness (QED) is 0.646. The van der Waals surface area contributed by atoms with Crippen molar-refractivity contribution in [2.75, 3.05) is 0 Å². The second kappa shape index (κ2) is 6.56. The molecule has 0 spiro atoms. The lowest BCUT2D eigenvalue weighted by atomic mass is 9.98. The first-order chi connectivity index (χ1) is 12.7. The highest BCUT2D eigenvalue weighted by Gasteiger charge is 2.32. The number of benzene rings is 2. The maximum atomic E-state index is 13.0. The molecule has 138 valence electrons. The van der Waals surface area contributed by atoms with E-state index in [2.05, 4.69) is 15.4 Å². The Balaban J connectivity index is 2.05. The number of amides is 1. The van der Waals surface area contributed by atoms with Gasteiger partial charge in [-0.15, -0.1) is 0 Å². The van der Waals surface area contributed by atoms with E-state index in [1.807, 2.05) is 0 Å². The van der Waals surface area contributed by atoms with Crippen LogP contribution in [0.4, 0.5) is 13.2 Å². The number of aromatic amines is 1. The fraction of sp³-hybridized carbons (Fsp3) is 0.0588. The summed E-state index contributed by atoms with van der Waals surface area (Å²) in [5, 5.41) is 18.8. The lowest BCUT2D eigenvalue weighted by molar-refractivity contribution is -0.137. The Labute approximate surface area is 149 Å². The van der Waals surface area contributed by atoms with E-state index in [1.54, 1.807) is 0 Å². The van der Waals surface area contributed by atoms with Gasteiger partial charge in [0.15, 0.2) is 5.69 Å². The van der Waals surface area contributed by atoms with Crippen LogP contribution in [0.1, 0.15) is 26.4 Å². The number of nitrogens with zero attached hydrogens (tertiary/aromatic N) is 2. The molecule has 0 aliphatic heterocycles. The van der Waals surface area contributed by atoms with Gasteiger partial charge in [0.05, 0.1) is 11.1 Å². The van der Waals surface area contributed by atoms with Crippen LogP contribution in [0.5, 0.6) is 0 Å². The second-order valence-electron chi connectivity index (χ2n) is 5.56. The zero-order valence-electron chi connectivity index (χ0n) is 13.4. The summed E-state index contributed by atoms with van der Waals surface area (Å²) in [5.41, 5.74) is 4.69. The van der Waals surface area contributed by atoms with E-state index in [0.29, 0.717) is 17.2 Å². The van der Waals surface area contributed by atoms with Crippen molar-refractivity contribution in [2.45, 2.75) is 6.18 Å². The monoisotopic (exact) mass is 376 g/mol. The number of H-pyrrole nitrogens is 1. The van der Waals surface area contributed by atoms with E-state index in [9.17, 15) is 22.8 Å². The van der Waals surface area contributed by atoms with E-state index >= 15 is 0 Å². The number of primary amides is 1. The fourth-order valence-corrected chi connectivity index (χ4v) is 2.51. The maximum Gasteiger partial charge on any atom is 0.416 e. The Morgan fingerprint density at radius 3 is 2.15 bits per heavy atom. The highest BCUT2D eigenvalue weighted by atomic mass is 19.4. The Kier molecular flexibility index (Phi) is 4.40. The van der Waals surface area contributed by atoms with Crippen LogP contribution in [0.25, 0.3) is 22.4 Å². The molecule has 7 nitrogen and oxygen atoms in total. The summed E-state index contributed by atoms with van der Waals surface area (Å²) in [5.74, 6) is -2.25. The van der Waals surface area contributed by atoms with Gasteiger partial charge in [-0.1, -0.05) is 24.3 Å². The molecule has 0 bridgehead atoms. The summed E-state index contributed by atoms with van der Waals surface area (Å²) in [7, 11) is 0. The summed E-state index contributed by atoms with van der Waals surface area (Å²) < 4.78 is 39.1. The molecule has 1 aromatic heterocycles. The molecule has 0 radical (unpaired) electrons. The van der Waals surface area contributed by atoms with Crippen molar-refractivity contribution in [3.05, 3.63) is 59.3 Å². The van der Waals surface area contributed by atoms with E-state index in [4.69, 9.17) is 10.8 Å². The third-order valence-corrected chi connectivity index (χ3v) is 3.78. The molecular weight excluding hydrogens is 365 g/mol. The first-order valence-corrected chi connectivity index (χ1v) is 7.44. The van der Waals surface area contributed by atoms with Crippen LogP contribution < -0.4 is 5.73 Å². The lowest BCUT2D eigenvalue weighted by Gasteiger charge is -2.11. The van der Waals surface area contributed by atoms with Gasteiger partial charge in [0.25, 0.3) is 5.91 Å². The molecule has 0 fully saturated rings. The van der Waals surface area contributed by atoms with Gasteiger partial charge in [0.2, 0.25) is 0 Å². The molecular formula is C17H11F3N4O3. The minimum Gasteiger partial charge on any atom is -0.478 e. The van der Waals surface area contributed by atoms with Crippen molar-refractivity contribution in [3.8, 4) is 22.4 Å². The number of carbonyl (C=O) groups excluding carboxylic acids is 1. The van der Waals surface area contributed by atoms with Crippen LogP contribution in [-0.4, -0.2) is 32.4 Å². The van der Waals surface area contributed by atoms with Gasteiger partial charge >= 0.3 is 12.1 Å². The number of hydrogen-bond acceptors (Lipinski definition) is 4. The van der Waals surface area contributed by atoms with Crippen molar-refractivity contribution >= 4 is 11.9 Å². The van der Waals surface area contributed by atoms with Crippen LogP contribution in [0.15, 0.2) is 42.5 Å². The minimum absolute atomic E-state index is 0.0741. The number of carboxylic acid groups (broad SMARTS) is 1. The topological polar surface area (TPSA) is 122 Å². The summed E-state index contributed by atoms with van der Waals surface area (Å²) in [6.07, 6.45) is -4.68. The normalized spacial score (nSPS) is 11.4. The highest BCUT2D eigenvalue weighted by molar-refractivity contribution is 5.96. The Morgan fingerprint density at radius 1 is 0.963 bits per heavy atom. The zero-order valence-corrected chi connectivity index (χ0v) is 13.4. The third-order valence-electron chi connectivity index (χ3n) is 3.78. The number of aromatic nitrogens is 3. The van der Waals surface area contributed by atoms with Gasteiger partial charge in [-0.05, 0) is 29.3 Å². The molecule has 3 aromatic rings. The van der Waals surface area contributed by atoms with Gasteiger partial charge in [-0.2, -0.15) is 28.6 Å². The summed E-state index contributed by atoms with van der Waals surface area (Å²) in [4.78, 5) is 22.5. The number of aromatic carboxylic acids is 1. The predicted molar refractivity (Wildman–Crippen MR) is 87.7 cm³/mol. The maximum absolute atomic E-state index is 13.0. The number of nitrogens with two attached hydrogens (primary N) is 1. The third kappa shape index (κ3) is 3.64. The van der Waals surface area contributed by atoms with Crippen LogP contribution in [0.2, 0.25) is 0 Å². The van der Waals surface area contributed by atoms with Gasteiger partial charge < -0.3 is 10.8 Å². The molecule has 10 heteroatoms. The molecule has 0 aliphatic rings. The van der Waals surface area contributed by atoms with Crippen LogP contribution in [0.3, 0.4) is 0 Å². The zero-order chi connectivity index (χ0) is 19.8. The molecule has 1 amide bonds. The van der Waals surface area contributed by atoms with Gasteiger partial charge in [0, 0.05) is 5.56 Å². The number of carboxylic acids is 1. The summed E-state index contributed by atoms with van der Waals surface area (Å²) >= 11 is 0. The number of nitrogens with one attached hydrogen (secondary N) is 1. The van der Waals surface area contributed by atoms with Crippen molar-refractivity contribution in [1.29, 1.82) is 0 Å². The van der Waals surface area contributed by atoms with Crippen molar-refractivity contribution < 1.29 is 27.9 Å². The first-order valence-electron chi connectivity index (χ1n) is 7.44. The van der Waals surface area contributed by atoms with Gasteiger partial charge in [-0.3, -0.25) is 4.79 Å². The minimum atomic E-state index is -4.68. The highest BCUT2D eigenvalue weighted by Crippen LogP contribution is 2.34. The van der Waals surface area contributed by atoms with Crippen LogP contribution >= 0.6 is 0 Å². The summed E-state index contributed by atoms with van der Waals surface area (Å²) in [6, 6.07) is 8.59. The lowest BCUT2D eigenvalue weighted by Crippen LogP contribution is -2.12. The standard InChI is InChI=1S/C17H11F3N4O3/c18-17(19,20)12-6-10(5-11(7-12)16(26)27)8-1-3-9(4-2-8)13-14(15(21)25)23-24-22-13/h1-7H,(H2,21,25)(H,26,27)(H,22,23,24). The molecule has 4 N–H and O–H groups in total. The molecule has 0 saturated carbocycles. The van der Waals surface area contributed by atoms with Crippen molar-refractivity contribution in [1.82, 2.24) is 15.4 Å². The molecule has 3 rings (SSSR count). The van der Waals surface area contributed by atoms with E-state index in [-0.39, 0.29) is 17.0 Å². The number of carbonyl (C=O) groups is 2. The van der Waals surface area contributed by atoms with Crippen LogP contribution in [0, 0.1) is 0 Å². The van der Waals surface area contributed by atoms with Crippen LogP contribution in [-0.2, 0) is 6.18 Å². The average molecular weight is 376 g/mol. The molecule has 1 heterocycles. The number of hydrogen-bond donors (Lipinski definition) is 3. The molecule has 27 heavy (non-hydrogen) atoms. The molecule has 0 unspecified atom stereocenters. The Hall–Kier alpha value is -3.69. The summed E-state index contributed by atoms with van der Waals surface area (Å²) in [6.45, 7) is 0. The second-order valence-corrected chi connectivity index (χ2v) is 5.56.